The van der Waals surface area contributed by atoms with E-state index in [0.29, 0.717) is 34.5 Å². The highest BCUT2D eigenvalue weighted by Gasteiger charge is 2.28. The number of nitrogens with two attached hydrogens (primary N) is 1. The number of benzene rings is 2. The molecule has 0 unspecified atom stereocenters. The zero-order valence-electron chi connectivity index (χ0n) is 25.9. The molecule has 0 saturated carbocycles. The Hall–Kier alpha value is -6.25. The predicted molar refractivity (Wildman–Crippen MR) is 169 cm³/mol. The van der Waals surface area contributed by atoms with Gasteiger partial charge < -0.3 is 35.1 Å². The minimum atomic E-state index is -0.991. The first-order valence-electron chi connectivity index (χ1n) is 14.4. The summed E-state index contributed by atoms with van der Waals surface area (Å²) in [6.45, 7) is 4.62. The smallest absolute Gasteiger partial charge is 0.419 e. The molecule has 2 aromatic heterocycles. The molecule has 0 spiro atoms. The summed E-state index contributed by atoms with van der Waals surface area (Å²) >= 11 is 0. The van der Waals surface area contributed by atoms with E-state index in [2.05, 4.69) is 25.4 Å². The summed E-state index contributed by atoms with van der Waals surface area (Å²) in [6.07, 6.45) is 3.29. The average Bonchev–Trinajstić information content (AvgIpc) is 3.70. The third-order valence-electron chi connectivity index (χ3n) is 6.81. The Labute approximate surface area is 269 Å². The third-order valence-corrected chi connectivity index (χ3v) is 6.81. The molecule has 244 valence electrons. The van der Waals surface area contributed by atoms with E-state index in [1.807, 2.05) is 6.92 Å². The number of hydrogen-bond acceptors (Lipinski definition) is 10. The number of aryl methyl sites for hydroxylation is 1. The number of carbonyl (C=O) groups is 4. The number of aromatic amines is 1. The Bertz CT molecular complexity index is 1790. The number of aromatic nitrogens is 2. The van der Waals surface area contributed by atoms with Gasteiger partial charge in [-0.15, -0.1) is 4.99 Å². The van der Waals surface area contributed by atoms with E-state index < -0.39 is 30.7 Å². The number of hydrogen-bond donors (Lipinski definition) is 5. The van der Waals surface area contributed by atoms with Crippen LogP contribution in [0, 0.1) is 13.8 Å². The Morgan fingerprint density at radius 3 is 2.57 bits per heavy atom. The van der Waals surface area contributed by atoms with Gasteiger partial charge in [-0.1, -0.05) is 30.3 Å². The molecule has 15 heteroatoms. The second-order valence-electron chi connectivity index (χ2n) is 10.2. The van der Waals surface area contributed by atoms with E-state index in [-0.39, 0.29) is 35.9 Å². The van der Waals surface area contributed by atoms with Crippen molar-refractivity contribution in [2.75, 3.05) is 18.7 Å². The Balaban J connectivity index is 1.49. The van der Waals surface area contributed by atoms with Crippen LogP contribution in [0.25, 0.3) is 0 Å². The van der Waals surface area contributed by atoms with E-state index in [1.54, 1.807) is 44.2 Å². The monoisotopic (exact) mass is 644 g/mol. The summed E-state index contributed by atoms with van der Waals surface area (Å²) in [5.41, 5.74) is 8.81. The SMILES string of the molecule is CCCN(C(=O)OCOC(=O)Cc1ccc(O)cc1)C(=O)c1c[nH]c(C(=Nc2cc(C(=O)Nc3ccon3)ccc2C)[NH+]=CN)c1C. The quantitative estimate of drug-likeness (QED) is 0.0695. The standard InChI is InChI=1S/C32H33N7O8/c1-4-12-39(32(44)46-18-45-27(41)14-21-6-9-23(40)10-7-21)31(43)24-16-34-28(20(24)3)29(35-17-33)36-25-15-22(8-5-19(25)2)30(42)37-26-11-13-47-38-26/h5-11,13,15-17,34,40H,4,12,14,18H2,1-3H3,(H2,33,35,36)(H,37,38,42)/p+1. The van der Waals surface area contributed by atoms with Gasteiger partial charge in [0.1, 0.15) is 23.4 Å². The molecule has 2 heterocycles. The van der Waals surface area contributed by atoms with Gasteiger partial charge >= 0.3 is 12.1 Å². The maximum absolute atomic E-state index is 13.5. The summed E-state index contributed by atoms with van der Waals surface area (Å²) in [4.78, 5) is 62.8. The van der Waals surface area contributed by atoms with Crippen molar-refractivity contribution in [2.24, 2.45) is 10.7 Å². The fourth-order valence-corrected chi connectivity index (χ4v) is 4.36. The second-order valence-corrected chi connectivity index (χ2v) is 10.2. The fraction of sp³-hybridized carbons (Fsp3) is 0.219. The van der Waals surface area contributed by atoms with Gasteiger partial charge in [-0.05, 0) is 61.2 Å². The normalized spacial score (nSPS) is 11.3. The summed E-state index contributed by atoms with van der Waals surface area (Å²) in [5, 5.41) is 15.7. The van der Waals surface area contributed by atoms with Crippen molar-refractivity contribution in [1.82, 2.24) is 15.0 Å². The number of nitrogens with one attached hydrogen (secondary N) is 3. The molecule has 0 radical (unpaired) electrons. The molecule has 0 bridgehead atoms. The first kappa shape index (κ1) is 33.6. The molecule has 0 aliphatic carbocycles. The second kappa shape index (κ2) is 15.7. The molecule has 15 nitrogen and oxygen atoms in total. The van der Waals surface area contributed by atoms with Crippen LogP contribution >= 0.6 is 0 Å². The molecule has 4 aromatic rings. The Morgan fingerprint density at radius 2 is 1.89 bits per heavy atom. The number of rotatable bonds is 11. The van der Waals surface area contributed by atoms with Gasteiger partial charge in [-0.3, -0.25) is 14.4 Å². The van der Waals surface area contributed by atoms with Crippen LogP contribution in [0.4, 0.5) is 16.3 Å². The van der Waals surface area contributed by atoms with Crippen LogP contribution in [-0.2, 0) is 20.7 Å². The third kappa shape index (κ3) is 8.69. The van der Waals surface area contributed by atoms with Crippen LogP contribution in [-0.4, -0.2) is 69.5 Å². The number of H-pyrrole nitrogens is 1. The van der Waals surface area contributed by atoms with Gasteiger partial charge in [-0.25, -0.2) is 14.7 Å². The molecular weight excluding hydrogens is 610 g/mol. The molecule has 0 aliphatic rings. The van der Waals surface area contributed by atoms with Gasteiger partial charge in [-0.2, -0.15) is 0 Å². The van der Waals surface area contributed by atoms with E-state index in [4.69, 9.17) is 19.7 Å². The zero-order chi connectivity index (χ0) is 33.9. The summed E-state index contributed by atoms with van der Waals surface area (Å²) < 4.78 is 14.8. The van der Waals surface area contributed by atoms with Crippen LogP contribution in [0.2, 0.25) is 0 Å². The number of amidine groups is 1. The molecule has 4 rings (SSSR count). The maximum atomic E-state index is 13.5. The van der Waals surface area contributed by atoms with Crippen molar-refractivity contribution in [3.63, 3.8) is 0 Å². The Morgan fingerprint density at radius 1 is 1.13 bits per heavy atom. The number of imide groups is 1. The van der Waals surface area contributed by atoms with Gasteiger partial charge in [0.05, 0.1) is 12.0 Å². The van der Waals surface area contributed by atoms with Crippen molar-refractivity contribution >= 4 is 47.6 Å². The summed E-state index contributed by atoms with van der Waals surface area (Å²) in [6, 6.07) is 12.5. The van der Waals surface area contributed by atoms with E-state index in [0.717, 1.165) is 10.5 Å². The molecule has 0 saturated heterocycles. The highest BCUT2D eigenvalue weighted by molar-refractivity contribution is 6.07. The first-order valence-corrected chi connectivity index (χ1v) is 14.4. The number of anilines is 1. The molecular formula is C32H34N7O8+. The maximum Gasteiger partial charge on any atom is 0.419 e. The number of aliphatic imine (C=N–C) groups is 1. The molecule has 2 aromatic carbocycles. The topological polar surface area (TPSA) is 216 Å². The summed E-state index contributed by atoms with van der Waals surface area (Å²) in [5.74, 6) is -1.17. The fourth-order valence-electron chi connectivity index (χ4n) is 4.36. The minimum absolute atomic E-state index is 0.0389. The number of phenols is 1. The van der Waals surface area contributed by atoms with Gasteiger partial charge in [0.15, 0.2) is 12.2 Å². The van der Waals surface area contributed by atoms with Crippen LogP contribution in [0.5, 0.6) is 5.75 Å². The highest BCUT2D eigenvalue weighted by atomic mass is 16.7. The van der Waals surface area contributed by atoms with Crippen molar-refractivity contribution in [3.05, 3.63) is 94.5 Å². The minimum Gasteiger partial charge on any atom is -0.508 e. The number of ether oxygens (including phenoxy) is 2. The molecule has 0 fully saturated rings. The predicted octanol–water partition coefficient (Wildman–Crippen LogP) is 2.46. The van der Waals surface area contributed by atoms with E-state index in [1.165, 1.54) is 37.0 Å². The molecule has 47 heavy (non-hydrogen) atoms. The lowest BCUT2D eigenvalue weighted by molar-refractivity contribution is -0.309. The van der Waals surface area contributed by atoms with Crippen LogP contribution in [0.15, 0.2) is 70.5 Å². The van der Waals surface area contributed by atoms with Crippen molar-refractivity contribution in [1.29, 1.82) is 0 Å². The molecule has 6 N–H and O–H groups in total. The molecule has 3 amide bonds. The van der Waals surface area contributed by atoms with Crippen LogP contribution < -0.4 is 16.0 Å². The first-order chi connectivity index (χ1) is 22.6. The lowest BCUT2D eigenvalue weighted by atomic mass is 10.1. The van der Waals surface area contributed by atoms with Crippen molar-refractivity contribution < 1.29 is 43.3 Å². The molecule has 0 atom stereocenters. The van der Waals surface area contributed by atoms with E-state index >= 15 is 0 Å². The number of esters is 1. The van der Waals surface area contributed by atoms with Gasteiger partial charge in [0.2, 0.25) is 6.79 Å². The number of amides is 3. The number of nitrogens with zero attached hydrogens (tertiary/aromatic N) is 3. The number of carbonyl (C=O) groups excluding carboxylic acids is 4. The van der Waals surface area contributed by atoms with E-state index in [9.17, 15) is 24.3 Å². The summed E-state index contributed by atoms with van der Waals surface area (Å²) in [7, 11) is 0. The highest BCUT2D eigenvalue weighted by Crippen LogP contribution is 2.23. The van der Waals surface area contributed by atoms with Crippen LogP contribution in [0.1, 0.15) is 56.4 Å². The average molecular weight is 645 g/mol. The lowest BCUT2D eigenvalue weighted by Gasteiger charge is -2.19. The largest absolute Gasteiger partial charge is 0.508 e. The number of aromatic hydroxyl groups is 1. The van der Waals surface area contributed by atoms with Crippen LogP contribution in [0.3, 0.4) is 0 Å². The number of phenolic OH excluding ortho intramolecular Hbond substituents is 1. The lowest BCUT2D eigenvalue weighted by Crippen LogP contribution is -2.75. The van der Waals surface area contributed by atoms with Crippen molar-refractivity contribution in [3.8, 4) is 5.75 Å². The van der Waals surface area contributed by atoms with Gasteiger partial charge in [0.25, 0.3) is 17.6 Å². The Kier molecular flexibility index (Phi) is 11.2. The molecule has 0 aliphatic heterocycles. The van der Waals surface area contributed by atoms with Gasteiger partial charge in [0, 0.05) is 24.4 Å². The zero-order valence-corrected chi connectivity index (χ0v) is 25.9. The van der Waals surface area contributed by atoms with Crippen molar-refractivity contribution in [2.45, 2.75) is 33.6 Å².